The number of para-hydroxylation sites is 1. The lowest BCUT2D eigenvalue weighted by molar-refractivity contribution is 0.166. The number of aliphatic hydroxyl groups excluding tert-OH is 1. The normalized spacial score (nSPS) is 18.1. The predicted molar refractivity (Wildman–Crippen MR) is 83.0 cm³/mol. The van der Waals surface area contributed by atoms with E-state index in [0.717, 1.165) is 12.8 Å². The van der Waals surface area contributed by atoms with Gasteiger partial charge in [0.15, 0.2) is 5.75 Å². The van der Waals surface area contributed by atoms with Crippen molar-refractivity contribution in [2.45, 2.75) is 38.8 Å². The maximum atomic E-state index is 12.3. The van der Waals surface area contributed by atoms with Crippen LogP contribution in [0.1, 0.15) is 26.7 Å². The molecule has 0 bridgehead atoms. The number of rotatable bonds is 4. The van der Waals surface area contributed by atoms with Crippen LogP contribution in [-0.4, -0.2) is 41.3 Å². The smallest absolute Gasteiger partial charge is 0.322 e. The molecule has 1 heterocycles. The van der Waals surface area contributed by atoms with Gasteiger partial charge in [-0.2, -0.15) is 0 Å². The lowest BCUT2D eigenvalue weighted by Gasteiger charge is -2.24. The van der Waals surface area contributed by atoms with Crippen LogP contribution in [0.25, 0.3) is 0 Å². The summed E-state index contributed by atoms with van der Waals surface area (Å²) < 4.78 is 5.68. The summed E-state index contributed by atoms with van der Waals surface area (Å²) in [6, 6.07) is 4.90. The van der Waals surface area contributed by atoms with Gasteiger partial charge in [0.2, 0.25) is 0 Å². The quantitative estimate of drug-likeness (QED) is 0.898. The summed E-state index contributed by atoms with van der Waals surface area (Å²) in [7, 11) is 0. The van der Waals surface area contributed by atoms with E-state index in [9.17, 15) is 9.90 Å². The van der Waals surface area contributed by atoms with E-state index in [1.165, 1.54) is 0 Å². The number of carbonyl (C=O) groups excluding carboxylic acids is 1. The Morgan fingerprint density at radius 2 is 2.33 bits per heavy atom. The molecule has 0 saturated carbocycles. The number of likely N-dealkylation sites (tertiary alicyclic amines) is 1. The van der Waals surface area contributed by atoms with Crippen LogP contribution in [0.15, 0.2) is 18.2 Å². The molecular formula is C15H21ClN2O3. The van der Waals surface area contributed by atoms with Crippen molar-refractivity contribution in [2.75, 3.05) is 18.5 Å². The van der Waals surface area contributed by atoms with Crippen LogP contribution in [0.4, 0.5) is 10.5 Å². The molecule has 116 valence electrons. The average Bonchev–Trinajstić information content (AvgIpc) is 2.90. The molecule has 2 N–H and O–H groups in total. The van der Waals surface area contributed by atoms with Gasteiger partial charge in [0, 0.05) is 6.54 Å². The van der Waals surface area contributed by atoms with Crippen molar-refractivity contribution in [1.82, 2.24) is 4.90 Å². The van der Waals surface area contributed by atoms with Gasteiger partial charge in [0.1, 0.15) is 0 Å². The highest BCUT2D eigenvalue weighted by Crippen LogP contribution is 2.34. The zero-order valence-corrected chi connectivity index (χ0v) is 13.1. The first-order valence-electron chi connectivity index (χ1n) is 7.16. The highest BCUT2D eigenvalue weighted by atomic mass is 35.5. The van der Waals surface area contributed by atoms with Crippen molar-refractivity contribution in [3.05, 3.63) is 23.2 Å². The zero-order valence-electron chi connectivity index (χ0n) is 12.3. The van der Waals surface area contributed by atoms with Gasteiger partial charge < -0.3 is 20.1 Å². The SMILES string of the molecule is CC(C)Oc1c(Cl)cccc1NC(=O)N1CCC[C@H]1CO. The summed E-state index contributed by atoms with van der Waals surface area (Å²) in [6.07, 6.45) is 1.69. The second-order valence-corrected chi connectivity index (χ2v) is 5.79. The molecule has 1 fully saturated rings. The largest absolute Gasteiger partial charge is 0.487 e. The standard InChI is InChI=1S/C15H21ClN2O3/c1-10(2)21-14-12(16)6-3-7-13(14)17-15(20)18-8-4-5-11(18)9-19/h3,6-7,10-11,19H,4-5,8-9H2,1-2H3,(H,17,20)/t11-/m0/s1. The van der Waals surface area contributed by atoms with E-state index in [1.54, 1.807) is 23.1 Å². The molecule has 2 amide bonds. The summed E-state index contributed by atoms with van der Waals surface area (Å²) in [5.74, 6) is 0.474. The minimum Gasteiger partial charge on any atom is -0.487 e. The zero-order chi connectivity index (χ0) is 15.4. The van der Waals surface area contributed by atoms with Crippen LogP contribution >= 0.6 is 11.6 Å². The fourth-order valence-electron chi connectivity index (χ4n) is 2.44. The molecule has 1 aliphatic heterocycles. The van der Waals surface area contributed by atoms with Crippen molar-refractivity contribution >= 4 is 23.3 Å². The molecule has 0 radical (unpaired) electrons. The van der Waals surface area contributed by atoms with E-state index in [4.69, 9.17) is 16.3 Å². The molecule has 1 aromatic carbocycles. The van der Waals surface area contributed by atoms with Crippen molar-refractivity contribution in [3.63, 3.8) is 0 Å². The number of halogens is 1. The van der Waals surface area contributed by atoms with Gasteiger partial charge in [0.25, 0.3) is 0 Å². The van der Waals surface area contributed by atoms with Crippen molar-refractivity contribution in [3.8, 4) is 5.75 Å². The number of aliphatic hydroxyl groups is 1. The first-order valence-corrected chi connectivity index (χ1v) is 7.54. The number of anilines is 1. The van der Waals surface area contributed by atoms with Gasteiger partial charge in [-0.15, -0.1) is 0 Å². The Hall–Kier alpha value is -1.46. The fourth-order valence-corrected chi connectivity index (χ4v) is 2.66. The van der Waals surface area contributed by atoms with Crippen molar-refractivity contribution in [2.24, 2.45) is 0 Å². The van der Waals surface area contributed by atoms with Crippen LogP contribution in [0.2, 0.25) is 5.02 Å². The molecule has 0 unspecified atom stereocenters. The molecule has 1 saturated heterocycles. The van der Waals surface area contributed by atoms with Crippen molar-refractivity contribution in [1.29, 1.82) is 0 Å². The second-order valence-electron chi connectivity index (χ2n) is 5.39. The van der Waals surface area contributed by atoms with E-state index in [-0.39, 0.29) is 24.8 Å². The first kappa shape index (κ1) is 15.9. The summed E-state index contributed by atoms with van der Waals surface area (Å²) in [5.41, 5.74) is 0.546. The van der Waals surface area contributed by atoms with E-state index in [2.05, 4.69) is 5.32 Å². The number of benzene rings is 1. The molecule has 5 nitrogen and oxygen atoms in total. The minimum absolute atomic E-state index is 0.0156. The van der Waals surface area contributed by atoms with Gasteiger partial charge in [-0.1, -0.05) is 17.7 Å². The van der Waals surface area contributed by atoms with E-state index < -0.39 is 0 Å². The topological polar surface area (TPSA) is 61.8 Å². The molecule has 0 aromatic heterocycles. The maximum Gasteiger partial charge on any atom is 0.322 e. The third kappa shape index (κ3) is 3.80. The van der Waals surface area contributed by atoms with Crippen molar-refractivity contribution < 1.29 is 14.6 Å². The first-order chi connectivity index (χ1) is 10.0. The summed E-state index contributed by atoms with van der Waals surface area (Å²) in [6.45, 7) is 4.44. The molecule has 21 heavy (non-hydrogen) atoms. The Bertz CT molecular complexity index is 508. The van der Waals surface area contributed by atoms with Crippen LogP contribution in [0, 0.1) is 0 Å². The molecule has 0 spiro atoms. The summed E-state index contributed by atoms with van der Waals surface area (Å²) >= 11 is 6.14. The van der Waals surface area contributed by atoms with E-state index in [0.29, 0.717) is 23.0 Å². The molecule has 2 rings (SSSR count). The molecule has 1 aliphatic rings. The summed E-state index contributed by atoms with van der Waals surface area (Å²) in [5, 5.41) is 12.6. The maximum absolute atomic E-state index is 12.3. The molecule has 0 aliphatic carbocycles. The Morgan fingerprint density at radius 3 is 3.00 bits per heavy atom. The number of amides is 2. The Balaban J connectivity index is 2.15. The minimum atomic E-state index is -0.234. The second kappa shape index (κ2) is 7.00. The third-order valence-electron chi connectivity index (χ3n) is 3.41. The number of nitrogens with zero attached hydrogens (tertiary/aromatic N) is 1. The van der Waals surface area contributed by atoms with Crippen LogP contribution in [0.5, 0.6) is 5.75 Å². The number of ether oxygens (including phenoxy) is 1. The molecule has 6 heteroatoms. The average molecular weight is 313 g/mol. The van der Waals surface area contributed by atoms with Crippen LogP contribution in [-0.2, 0) is 0 Å². The van der Waals surface area contributed by atoms with Gasteiger partial charge in [-0.05, 0) is 38.8 Å². The number of hydrogen-bond acceptors (Lipinski definition) is 3. The number of carbonyl (C=O) groups is 1. The lowest BCUT2D eigenvalue weighted by atomic mass is 10.2. The molecule has 1 aromatic rings. The van der Waals surface area contributed by atoms with Gasteiger partial charge >= 0.3 is 6.03 Å². The Labute approximate surface area is 129 Å². The fraction of sp³-hybridized carbons (Fsp3) is 0.533. The third-order valence-corrected chi connectivity index (χ3v) is 3.71. The van der Waals surface area contributed by atoms with Gasteiger partial charge in [-0.25, -0.2) is 4.79 Å². The number of hydrogen-bond donors (Lipinski definition) is 2. The summed E-state index contributed by atoms with van der Waals surface area (Å²) in [4.78, 5) is 14.0. The number of urea groups is 1. The highest BCUT2D eigenvalue weighted by molar-refractivity contribution is 6.32. The Morgan fingerprint density at radius 1 is 1.57 bits per heavy atom. The van der Waals surface area contributed by atoms with Gasteiger partial charge in [0.05, 0.1) is 29.5 Å². The van der Waals surface area contributed by atoms with Crippen LogP contribution < -0.4 is 10.1 Å². The highest BCUT2D eigenvalue weighted by Gasteiger charge is 2.28. The monoisotopic (exact) mass is 312 g/mol. The predicted octanol–water partition coefficient (Wildman–Crippen LogP) is 3.12. The van der Waals surface area contributed by atoms with E-state index >= 15 is 0 Å². The molecule has 1 atom stereocenters. The van der Waals surface area contributed by atoms with E-state index in [1.807, 2.05) is 13.8 Å². The van der Waals surface area contributed by atoms with Gasteiger partial charge in [-0.3, -0.25) is 0 Å². The van der Waals surface area contributed by atoms with Crippen LogP contribution in [0.3, 0.4) is 0 Å². The lowest BCUT2D eigenvalue weighted by Crippen LogP contribution is -2.40. The molecular weight excluding hydrogens is 292 g/mol. The Kier molecular flexibility index (Phi) is 5.31. The number of nitrogens with one attached hydrogen (secondary N) is 1.